The molecular weight excluding hydrogens is 159 g/mol. The Morgan fingerprint density at radius 3 is 2.92 bits per heavy atom. The SMILES string of the molecule is Fc1cncc(-c2ccno2)c1. The van der Waals surface area contributed by atoms with Crippen molar-refractivity contribution < 1.29 is 8.91 Å². The summed E-state index contributed by atoms with van der Waals surface area (Å²) >= 11 is 0. The maximum atomic E-state index is 12.6. The van der Waals surface area contributed by atoms with Gasteiger partial charge in [0.15, 0.2) is 5.76 Å². The molecular formula is C8H5FN2O. The molecule has 0 bridgehead atoms. The minimum Gasteiger partial charge on any atom is -0.356 e. The fourth-order valence-electron chi connectivity index (χ4n) is 0.911. The van der Waals surface area contributed by atoms with Crippen molar-refractivity contribution in [3.8, 4) is 11.3 Å². The molecule has 0 radical (unpaired) electrons. The summed E-state index contributed by atoms with van der Waals surface area (Å²) in [5.74, 6) is 0.130. The van der Waals surface area contributed by atoms with Crippen LogP contribution in [0.3, 0.4) is 0 Å². The Morgan fingerprint density at radius 2 is 2.25 bits per heavy atom. The second-order valence-corrected chi connectivity index (χ2v) is 2.27. The van der Waals surface area contributed by atoms with E-state index < -0.39 is 0 Å². The summed E-state index contributed by atoms with van der Waals surface area (Å²) in [6.07, 6.45) is 4.16. The van der Waals surface area contributed by atoms with Crippen LogP contribution < -0.4 is 0 Å². The van der Waals surface area contributed by atoms with Crippen molar-refractivity contribution >= 4 is 0 Å². The quantitative estimate of drug-likeness (QED) is 0.645. The first-order chi connectivity index (χ1) is 5.86. The summed E-state index contributed by atoms with van der Waals surface area (Å²) in [6, 6.07) is 2.99. The molecule has 12 heavy (non-hydrogen) atoms. The highest BCUT2D eigenvalue weighted by atomic mass is 19.1. The molecule has 4 heteroatoms. The van der Waals surface area contributed by atoms with E-state index in [2.05, 4.69) is 10.1 Å². The first-order valence-electron chi connectivity index (χ1n) is 3.38. The Labute approximate surface area is 67.8 Å². The molecule has 2 rings (SSSR count). The van der Waals surface area contributed by atoms with Gasteiger partial charge < -0.3 is 4.52 Å². The lowest BCUT2D eigenvalue weighted by Gasteiger charge is -1.92. The first kappa shape index (κ1) is 6.97. The molecule has 0 aliphatic rings. The lowest BCUT2D eigenvalue weighted by Crippen LogP contribution is -1.80. The average molecular weight is 164 g/mol. The van der Waals surface area contributed by atoms with Crippen molar-refractivity contribution in [1.82, 2.24) is 10.1 Å². The lowest BCUT2D eigenvalue weighted by atomic mass is 10.2. The molecule has 0 unspecified atom stereocenters. The van der Waals surface area contributed by atoms with Crippen LogP contribution in [0.15, 0.2) is 35.2 Å². The maximum absolute atomic E-state index is 12.6. The maximum Gasteiger partial charge on any atom is 0.168 e. The van der Waals surface area contributed by atoms with E-state index in [4.69, 9.17) is 4.52 Å². The molecule has 2 aromatic heterocycles. The highest BCUT2D eigenvalue weighted by molar-refractivity contribution is 5.54. The van der Waals surface area contributed by atoms with E-state index in [9.17, 15) is 4.39 Å². The monoisotopic (exact) mass is 164 g/mol. The van der Waals surface area contributed by atoms with Crippen LogP contribution in [0.4, 0.5) is 4.39 Å². The van der Waals surface area contributed by atoms with Gasteiger partial charge in [-0.15, -0.1) is 0 Å². The molecule has 0 saturated carbocycles. The third kappa shape index (κ3) is 1.18. The number of halogens is 1. The average Bonchev–Trinajstić information content (AvgIpc) is 2.56. The summed E-state index contributed by atoms with van der Waals surface area (Å²) in [5, 5.41) is 3.50. The van der Waals surface area contributed by atoms with Crippen molar-refractivity contribution in [2.45, 2.75) is 0 Å². The zero-order valence-electron chi connectivity index (χ0n) is 6.07. The number of nitrogens with zero attached hydrogens (tertiary/aromatic N) is 2. The largest absolute Gasteiger partial charge is 0.356 e. The van der Waals surface area contributed by atoms with Crippen molar-refractivity contribution in [2.75, 3.05) is 0 Å². The predicted molar refractivity (Wildman–Crippen MR) is 39.7 cm³/mol. The molecule has 0 spiro atoms. The summed E-state index contributed by atoms with van der Waals surface area (Å²) < 4.78 is 17.5. The number of rotatable bonds is 1. The number of hydrogen-bond acceptors (Lipinski definition) is 3. The molecule has 0 saturated heterocycles. The van der Waals surface area contributed by atoms with E-state index in [1.54, 1.807) is 6.07 Å². The molecule has 0 aliphatic heterocycles. The molecule has 2 aromatic rings. The summed E-state index contributed by atoms with van der Waals surface area (Å²) in [7, 11) is 0. The van der Waals surface area contributed by atoms with Crippen LogP contribution in [0.5, 0.6) is 0 Å². The van der Waals surface area contributed by atoms with Gasteiger partial charge in [-0.1, -0.05) is 5.16 Å². The van der Waals surface area contributed by atoms with Gasteiger partial charge in [0.05, 0.1) is 12.4 Å². The minimum atomic E-state index is -0.385. The third-order valence-corrected chi connectivity index (χ3v) is 1.43. The Balaban J connectivity index is 2.48. The van der Waals surface area contributed by atoms with Gasteiger partial charge in [0.1, 0.15) is 5.82 Å². The van der Waals surface area contributed by atoms with Crippen molar-refractivity contribution in [1.29, 1.82) is 0 Å². The van der Waals surface area contributed by atoms with Crippen LogP contribution in [-0.4, -0.2) is 10.1 Å². The van der Waals surface area contributed by atoms with Crippen molar-refractivity contribution in [3.63, 3.8) is 0 Å². The second kappa shape index (κ2) is 2.73. The molecule has 2 heterocycles. The Morgan fingerprint density at radius 1 is 1.33 bits per heavy atom. The van der Waals surface area contributed by atoms with Crippen molar-refractivity contribution in [2.24, 2.45) is 0 Å². The molecule has 0 amide bonds. The Bertz CT molecular complexity index is 372. The predicted octanol–water partition coefficient (Wildman–Crippen LogP) is 1.88. The Kier molecular flexibility index (Phi) is 1.59. The summed E-state index contributed by atoms with van der Waals surface area (Å²) in [4.78, 5) is 3.68. The summed E-state index contributed by atoms with van der Waals surface area (Å²) in [5.41, 5.74) is 0.590. The summed E-state index contributed by atoms with van der Waals surface area (Å²) in [6.45, 7) is 0. The van der Waals surface area contributed by atoms with E-state index in [1.165, 1.54) is 18.5 Å². The van der Waals surface area contributed by atoms with Crippen LogP contribution in [0, 0.1) is 5.82 Å². The van der Waals surface area contributed by atoms with E-state index >= 15 is 0 Å². The van der Waals surface area contributed by atoms with Gasteiger partial charge in [0.25, 0.3) is 0 Å². The molecule has 60 valence electrons. The molecule has 3 nitrogen and oxygen atoms in total. The minimum absolute atomic E-state index is 0.385. The van der Waals surface area contributed by atoms with Crippen molar-refractivity contribution in [3.05, 3.63) is 36.5 Å². The number of aromatic nitrogens is 2. The third-order valence-electron chi connectivity index (χ3n) is 1.43. The van der Waals surface area contributed by atoms with Gasteiger partial charge in [-0.05, 0) is 6.07 Å². The van der Waals surface area contributed by atoms with Gasteiger partial charge in [0, 0.05) is 17.8 Å². The molecule has 0 fully saturated rings. The second-order valence-electron chi connectivity index (χ2n) is 2.27. The fourth-order valence-corrected chi connectivity index (χ4v) is 0.911. The number of pyridine rings is 1. The normalized spacial score (nSPS) is 10.1. The zero-order valence-corrected chi connectivity index (χ0v) is 6.07. The lowest BCUT2D eigenvalue weighted by molar-refractivity contribution is 0.432. The van der Waals surface area contributed by atoms with Crippen LogP contribution in [0.1, 0.15) is 0 Å². The van der Waals surface area contributed by atoms with Gasteiger partial charge in [-0.25, -0.2) is 4.39 Å². The van der Waals surface area contributed by atoms with Crippen LogP contribution in [0.25, 0.3) is 11.3 Å². The molecule has 0 atom stereocenters. The van der Waals surface area contributed by atoms with Gasteiger partial charge in [0.2, 0.25) is 0 Å². The van der Waals surface area contributed by atoms with Crippen LogP contribution in [-0.2, 0) is 0 Å². The van der Waals surface area contributed by atoms with E-state index in [0.29, 0.717) is 11.3 Å². The van der Waals surface area contributed by atoms with E-state index in [0.717, 1.165) is 6.20 Å². The standard InChI is InChI=1S/C8H5FN2O/c9-7-3-6(4-10-5-7)8-1-2-11-12-8/h1-5H. The number of hydrogen-bond donors (Lipinski definition) is 0. The van der Waals surface area contributed by atoms with Gasteiger partial charge >= 0.3 is 0 Å². The van der Waals surface area contributed by atoms with Crippen LogP contribution >= 0.6 is 0 Å². The highest BCUT2D eigenvalue weighted by Crippen LogP contribution is 2.17. The van der Waals surface area contributed by atoms with E-state index in [-0.39, 0.29) is 5.82 Å². The molecule has 0 aliphatic carbocycles. The van der Waals surface area contributed by atoms with Crippen LogP contribution in [0.2, 0.25) is 0 Å². The van der Waals surface area contributed by atoms with Gasteiger partial charge in [-0.3, -0.25) is 4.98 Å². The van der Waals surface area contributed by atoms with Gasteiger partial charge in [-0.2, -0.15) is 0 Å². The Hall–Kier alpha value is -1.71. The topological polar surface area (TPSA) is 38.9 Å². The smallest absolute Gasteiger partial charge is 0.168 e. The first-order valence-corrected chi connectivity index (χ1v) is 3.38. The highest BCUT2D eigenvalue weighted by Gasteiger charge is 2.02. The zero-order chi connectivity index (χ0) is 8.39. The molecule has 0 N–H and O–H groups in total. The molecule has 0 aromatic carbocycles. The fraction of sp³-hybridized carbons (Fsp3) is 0. The van der Waals surface area contributed by atoms with E-state index in [1.807, 2.05) is 0 Å².